The quantitative estimate of drug-likeness (QED) is 0.185. The van der Waals surface area contributed by atoms with Crippen molar-refractivity contribution in [2.75, 3.05) is 59.4 Å². The summed E-state index contributed by atoms with van der Waals surface area (Å²) >= 11 is 0. The van der Waals surface area contributed by atoms with Crippen molar-refractivity contribution < 1.29 is 28.4 Å². The van der Waals surface area contributed by atoms with Crippen LogP contribution in [0.2, 0.25) is 0 Å². The Morgan fingerprint density at radius 2 is 1.08 bits per heavy atom. The number of unbranched alkanes of at least 4 members (excludes halogenated alkanes) is 1. The molecule has 218 valence electrons. The Kier molecular flexibility index (Phi) is 21.4. The lowest BCUT2D eigenvalue weighted by atomic mass is 9.81. The van der Waals surface area contributed by atoms with Crippen LogP contribution < -0.4 is 11.5 Å². The van der Waals surface area contributed by atoms with Crippen LogP contribution in [0.5, 0.6) is 0 Å². The lowest BCUT2D eigenvalue weighted by Gasteiger charge is -2.33. The van der Waals surface area contributed by atoms with Gasteiger partial charge in [-0.15, -0.1) is 0 Å². The fourth-order valence-electron chi connectivity index (χ4n) is 3.51. The van der Waals surface area contributed by atoms with Crippen molar-refractivity contribution in [1.82, 2.24) is 0 Å². The van der Waals surface area contributed by atoms with Crippen molar-refractivity contribution in [3.63, 3.8) is 0 Å². The first-order valence-electron chi connectivity index (χ1n) is 14.1. The minimum Gasteiger partial charge on any atom is -0.378 e. The third-order valence-corrected chi connectivity index (χ3v) is 6.27. The molecule has 36 heavy (non-hydrogen) atoms. The summed E-state index contributed by atoms with van der Waals surface area (Å²) in [6, 6.07) is 0.0308. The van der Waals surface area contributed by atoms with Crippen LogP contribution in [-0.2, 0) is 28.4 Å². The smallest absolute Gasteiger partial charge is 0.0781 e. The molecule has 0 aromatic rings. The molecule has 0 aromatic carbocycles. The van der Waals surface area contributed by atoms with E-state index in [4.69, 9.17) is 39.9 Å². The van der Waals surface area contributed by atoms with Gasteiger partial charge < -0.3 is 39.9 Å². The van der Waals surface area contributed by atoms with E-state index >= 15 is 0 Å². The molecule has 7 atom stereocenters. The molecule has 0 amide bonds. The van der Waals surface area contributed by atoms with Gasteiger partial charge in [0.15, 0.2) is 0 Å². The zero-order chi connectivity index (χ0) is 27.4. The molecule has 8 heteroatoms. The maximum absolute atomic E-state index is 6.16. The first-order chi connectivity index (χ1) is 17.1. The molecule has 8 nitrogen and oxygen atoms in total. The van der Waals surface area contributed by atoms with Crippen molar-refractivity contribution in [1.29, 1.82) is 0 Å². The lowest BCUT2D eigenvalue weighted by Crippen LogP contribution is -2.35. The van der Waals surface area contributed by atoms with Gasteiger partial charge in [-0.2, -0.15) is 0 Å². The van der Waals surface area contributed by atoms with Gasteiger partial charge in [0, 0.05) is 11.5 Å². The molecule has 0 saturated carbocycles. The Bertz CT molecular complexity index is 499. The number of nitrogens with two attached hydrogens (primary N) is 2. The summed E-state index contributed by atoms with van der Waals surface area (Å²) in [5, 5.41) is 0. The number of ether oxygens (including phenoxy) is 6. The molecule has 0 aliphatic heterocycles. The van der Waals surface area contributed by atoms with Crippen LogP contribution in [0, 0.1) is 11.3 Å². The van der Waals surface area contributed by atoms with Gasteiger partial charge in [-0.3, -0.25) is 0 Å². The van der Waals surface area contributed by atoms with Crippen LogP contribution in [0.25, 0.3) is 0 Å². The highest BCUT2D eigenvalue weighted by Crippen LogP contribution is 2.30. The summed E-state index contributed by atoms with van der Waals surface area (Å²) in [5.41, 5.74) is 11.4. The van der Waals surface area contributed by atoms with Gasteiger partial charge in [0.2, 0.25) is 0 Å². The molecule has 0 aliphatic carbocycles. The third kappa shape index (κ3) is 18.9. The number of hydrogen-bond acceptors (Lipinski definition) is 8. The highest BCUT2D eigenvalue weighted by Gasteiger charge is 2.29. The van der Waals surface area contributed by atoms with Crippen LogP contribution in [0.3, 0.4) is 0 Å². The largest absolute Gasteiger partial charge is 0.378 e. The van der Waals surface area contributed by atoms with E-state index in [0.717, 1.165) is 25.7 Å². The molecule has 0 radical (unpaired) electrons. The van der Waals surface area contributed by atoms with Gasteiger partial charge in [-0.25, -0.2) is 0 Å². The minimum atomic E-state index is -0.00210. The van der Waals surface area contributed by atoms with Crippen LogP contribution in [0.1, 0.15) is 81.1 Å². The maximum Gasteiger partial charge on any atom is 0.0781 e. The van der Waals surface area contributed by atoms with Crippen molar-refractivity contribution >= 4 is 0 Å². The Morgan fingerprint density at radius 3 is 1.50 bits per heavy atom. The van der Waals surface area contributed by atoms with Gasteiger partial charge in [-0.1, -0.05) is 33.6 Å². The van der Waals surface area contributed by atoms with Crippen LogP contribution in [-0.4, -0.2) is 89.9 Å². The molecule has 0 spiro atoms. The van der Waals surface area contributed by atoms with Crippen molar-refractivity contribution in [3.8, 4) is 0 Å². The van der Waals surface area contributed by atoms with Crippen LogP contribution >= 0.6 is 0 Å². The third-order valence-electron chi connectivity index (χ3n) is 6.27. The molecular formula is C28H60N2O6. The van der Waals surface area contributed by atoms with E-state index in [1.807, 2.05) is 34.6 Å². The van der Waals surface area contributed by atoms with Gasteiger partial charge in [-0.05, 0) is 59.9 Å². The molecule has 0 heterocycles. The standard InChI is InChI=1S/C28H60N2O6/c1-9-11-12-28(10-2,21-32-17-25(6)36-19-27(8)34-15-23(4)30)20-31-16-24(5)35-18-26(7)33-14-22(3)13-29/h22-27H,9-21,29-30H2,1-8H3. The second kappa shape index (κ2) is 21.6. The second-order valence-electron chi connectivity index (χ2n) is 10.9. The second-order valence-corrected chi connectivity index (χ2v) is 10.9. The van der Waals surface area contributed by atoms with E-state index < -0.39 is 0 Å². The predicted molar refractivity (Wildman–Crippen MR) is 147 cm³/mol. The Hall–Kier alpha value is -0.320. The zero-order valence-electron chi connectivity index (χ0n) is 24.8. The molecule has 0 bridgehead atoms. The summed E-state index contributed by atoms with van der Waals surface area (Å²) < 4.78 is 35.6. The van der Waals surface area contributed by atoms with Crippen LogP contribution in [0.15, 0.2) is 0 Å². The van der Waals surface area contributed by atoms with E-state index in [2.05, 4.69) is 20.8 Å². The topological polar surface area (TPSA) is 107 Å². The Labute approximate surface area is 222 Å². The summed E-state index contributed by atoms with van der Waals surface area (Å²) in [7, 11) is 0. The summed E-state index contributed by atoms with van der Waals surface area (Å²) in [6.07, 6.45) is 4.45. The SMILES string of the molecule is CCCCC(CC)(COCC(C)OCC(C)OCC(C)N)COCC(C)OCC(C)OCC(C)CN. The molecular weight excluding hydrogens is 460 g/mol. The normalized spacial score (nSPS) is 18.8. The molecule has 4 N–H and O–H groups in total. The number of rotatable bonds is 25. The maximum atomic E-state index is 6.16. The van der Waals surface area contributed by atoms with Gasteiger partial charge in [0.1, 0.15) is 0 Å². The highest BCUT2D eigenvalue weighted by atomic mass is 16.6. The summed E-state index contributed by atoms with van der Waals surface area (Å²) in [5.74, 6) is 0.359. The molecule has 0 rings (SSSR count). The first-order valence-corrected chi connectivity index (χ1v) is 14.1. The van der Waals surface area contributed by atoms with E-state index in [-0.39, 0.29) is 35.9 Å². The molecule has 0 aromatic heterocycles. The molecule has 0 fully saturated rings. The van der Waals surface area contributed by atoms with Gasteiger partial charge >= 0.3 is 0 Å². The number of hydrogen-bond donors (Lipinski definition) is 2. The fraction of sp³-hybridized carbons (Fsp3) is 1.00. The lowest BCUT2D eigenvalue weighted by molar-refractivity contribution is -0.0953. The minimum absolute atomic E-state index is 0.00142. The highest BCUT2D eigenvalue weighted by molar-refractivity contribution is 4.78. The summed E-state index contributed by atoms with van der Waals surface area (Å²) in [6.45, 7) is 21.9. The van der Waals surface area contributed by atoms with Crippen molar-refractivity contribution in [2.45, 2.75) is 112 Å². The van der Waals surface area contributed by atoms with Crippen molar-refractivity contribution in [2.24, 2.45) is 22.8 Å². The Morgan fingerprint density at radius 1 is 0.639 bits per heavy atom. The fourth-order valence-corrected chi connectivity index (χ4v) is 3.51. The molecule has 0 aliphatic rings. The molecule has 7 unspecified atom stereocenters. The van der Waals surface area contributed by atoms with Crippen molar-refractivity contribution in [3.05, 3.63) is 0 Å². The van der Waals surface area contributed by atoms with E-state index in [0.29, 0.717) is 65.3 Å². The zero-order valence-corrected chi connectivity index (χ0v) is 24.8. The van der Waals surface area contributed by atoms with Gasteiger partial charge in [0.05, 0.1) is 77.3 Å². The van der Waals surface area contributed by atoms with Gasteiger partial charge in [0.25, 0.3) is 0 Å². The summed E-state index contributed by atoms with van der Waals surface area (Å²) in [4.78, 5) is 0. The van der Waals surface area contributed by atoms with Crippen LogP contribution in [0.4, 0.5) is 0 Å². The van der Waals surface area contributed by atoms with E-state index in [9.17, 15) is 0 Å². The predicted octanol–water partition coefficient (Wildman–Crippen LogP) is 4.17. The molecule has 0 saturated heterocycles. The van der Waals surface area contributed by atoms with E-state index in [1.54, 1.807) is 0 Å². The average molecular weight is 521 g/mol. The average Bonchev–Trinajstić information content (AvgIpc) is 2.86. The Balaban J connectivity index is 4.41. The first kappa shape index (κ1) is 35.7. The van der Waals surface area contributed by atoms with E-state index in [1.165, 1.54) is 0 Å². The monoisotopic (exact) mass is 520 g/mol.